The molecule has 112 valence electrons. The van der Waals surface area contributed by atoms with Crippen molar-refractivity contribution in [3.05, 3.63) is 0 Å². The molecule has 0 aromatic heterocycles. The van der Waals surface area contributed by atoms with Crippen molar-refractivity contribution in [2.45, 2.75) is 27.7 Å². The molecule has 0 saturated heterocycles. The first-order chi connectivity index (χ1) is 6.93. The Morgan fingerprint density at radius 3 is 0.455 bits per heavy atom. The van der Waals surface area contributed by atoms with Gasteiger partial charge in [0.25, 0.3) is 0 Å². The molecular weight excluding hydrogens is 344 g/mol. The van der Waals surface area contributed by atoms with Crippen LogP contribution in [-0.4, -0.2) is 23.9 Å². The van der Waals surface area contributed by atoms with Crippen LogP contribution >= 0.6 is 0 Å². The van der Waals surface area contributed by atoms with Gasteiger partial charge in [0.1, 0.15) is 0 Å². The van der Waals surface area contributed by atoms with Gasteiger partial charge in [-0.25, -0.2) is 0 Å². The van der Waals surface area contributed by atoms with Crippen LogP contribution in [0.5, 0.6) is 0 Å². The smallest absolute Gasteiger partial charge is 0.550 e. The fourth-order valence-corrected chi connectivity index (χ4v) is 0. The zero-order chi connectivity index (χ0) is 14.3. The van der Waals surface area contributed by atoms with Crippen molar-refractivity contribution in [3.8, 4) is 0 Å². The zero-order valence-corrected chi connectivity index (χ0v) is 22.7. The van der Waals surface area contributed by atoms with E-state index in [9.17, 15) is 0 Å². The second-order valence-corrected chi connectivity index (χ2v) is 1.97. The van der Waals surface area contributed by atoms with E-state index in [1.165, 1.54) is 0 Å². The summed E-state index contributed by atoms with van der Waals surface area (Å²) in [5.41, 5.74) is 0. The normalized spacial score (nSPS) is 4.55. The number of hydrogen-bond acceptors (Lipinski definition) is 10. The monoisotopic (exact) mass is 362 g/mol. The van der Waals surface area contributed by atoms with Gasteiger partial charge in [-0.05, 0) is 27.7 Å². The van der Waals surface area contributed by atoms with E-state index in [0.29, 0.717) is 0 Å². The van der Waals surface area contributed by atoms with Crippen LogP contribution in [0.1, 0.15) is 27.7 Å². The molecule has 0 saturated carbocycles. The Morgan fingerprint density at radius 1 is 0.455 bits per heavy atom. The van der Waals surface area contributed by atoms with Crippen LogP contribution in [0.4, 0.5) is 0 Å². The second kappa shape index (κ2) is 56.9. The Morgan fingerprint density at radius 2 is 0.455 bits per heavy atom. The summed E-state index contributed by atoms with van der Waals surface area (Å²) in [4.78, 5) is 35.6. The van der Waals surface area contributed by atoms with Gasteiger partial charge in [0, 0.05) is 23.9 Å². The summed E-state index contributed by atoms with van der Waals surface area (Å²) in [6.45, 7) is 3.89. The molecule has 6 N–H and O–H groups in total. The van der Waals surface area contributed by atoms with E-state index in [0.717, 1.165) is 27.7 Å². The predicted octanol–water partition coefficient (Wildman–Crippen LogP) is -16.6. The summed E-state index contributed by atoms with van der Waals surface area (Å²) >= 11 is 0. The summed E-state index contributed by atoms with van der Waals surface area (Å²) < 4.78 is 0. The van der Waals surface area contributed by atoms with Crippen LogP contribution in [-0.2, 0) is 19.2 Å². The van der Waals surface area contributed by atoms with E-state index >= 15 is 0 Å². The van der Waals surface area contributed by atoms with Crippen molar-refractivity contribution < 1.29 is 158 Å². The molecule has 0 radical (unpaired) electrons. The standard InChI is InChI=1S/4C2H4O2.2H3N.4Na/c4*1-2(3)4;;;;;;/h4*1H3,(H,3,4);2*1H3;;;;/q;;;;;;4*+1/p-4. The van der Waals surface area contributed by atoms with Gasteiger partial charge in [0.15, 0.2) is 0 Å². The minimum Gasteiger partial charge on any atom is -0.550 e. The number of hydrogen-bond donors (Lipinski definition) is 2. The van der Waals surface area contributed by atoms with Crippen LogP contribution in [0.3, 0.4) is 0 Å². The first-order valence-corrected chi connectivity index (χ1v) is 3.63. The van der Waals surface area contributed by atoms with E-state index in [1.54, 1.807) is 0 Å². The Bertz CT molecular complexity index is 180. The molecule has 10 nitrogen and oxygen atoms in total. The number of carboxylic acids is 4. The topological polar surface area (TPSA) is 231 Å². The van der Waals surface area contributed by atoms with Crippen molar-refractivity contribution in [2.24, 2.45) is 0 Å². The van der Waals surface area contributed by atoms with Crippen LogP contribution in [0.15, 0.2) is 0 Å². The first kappa shape index (κ1) is 65.0. The number of carbonyl (C=O) groups is 4. The molecule has 0 aliphatic heterocycles. The molecular formula is C8H18N2Na4O8. The molecule has 0 bridgehead atoms. The van der Waals surface area contributed by atoms with Crippen LogP contribution in [0.2, 0.25) is 0 Å². The average molecular weight is 362 g/mol. The Hall–Kier alpha value is 1.80. The molecule has 14 heteroatoms. The van der Waals surface area contributed by atoms with Crippen LogP contribution in [0.25, 0.3) is 0 Å². The van der Waals surface area contributed by atoms with Gasteiger partial charge in [0.2, 0.25) is 0 Å². The van der Waals surface area contributed by atoms with Gasteiger partial charge in [-0.2, -0.15) is 0 Å². The van der Waals surface area contributed by atoms with E-state index in [2.05, 4.69) is 0 Å². The number of carbonyl (C=O) groups excluding carboxylic acids is 4. The molecule has 0 aliphatic rings. The van der Waals surface area contributed by atoms with Crippen molar-refractivity contribution >= 4 is 23.9 Å². The minimum atomic E-state index is -1.08. The maximum Gasteiger partial charge on any atom is 1.00 e. The molecule has 0 aromatic carbocycles. The summed E-state index contributed by atoms with van der Waals surface area (Å²) in [5, 5.41) is 35.6. The van der Waals surface area contributed by atoms with E-state index in [4.69, 9.17) is 39.6 Å². The van der Waals surface area contributed by atoms with E-state index in [-0.39, 0.29) is 131 Å². The molecule has 0 aliphatic carbocycles. The average Bonchev–Trinajstić information content (AvgIpc) is 1.76. The third-order valence-electron chi connectivity index (χ3n) is 0. The van der Waals surface area contributed by atoms with Gasteiger partial charge in [0.05, 0.1) is 0 Å². The van der Waals surface area contributed by atoms with Gasteiger partial charge in [-0.1, -0.05) is 0 Å². The molecule has 0 spiro atoms. The third kappa shape index (κ3) is 2910. The van der Waals surface area contributed by atoms with Crippen molar-refractivity contribution in [3.63, 3.8) is 0 Å². The van der Waals surface area contributed by atoms with E-state index in [1.807, 2.05) is 0 Å². The number of aliphatic carboxylic acids is 4. The molecule has 0 fully saturated rings. The van der Waals surface area contributed by atoms with Gasteiger partial charge < -0.3 is 51.9 Å². The summed E-state index contributed by atoms with van der Waals surface area (Å²) in [7, 11) is 0. The summed E-state index contributed by atoms with van der Waals surface area (Å²) in [5.74, 6) is -4.33. The minimum absolute atomic E-state index is 0. The third-order valence-corrected chi connectivity index (χ3v) is 0. The Labute approximate surface area is 218 Å². The molecule has 0 heterocycles. The summed E-state index contributed by atoms with van der Waals surface area (Å²) in [6.07, 6.45) is 0. The van der Waals surface area contributed by atoms with E-state index < -0.39 is 23.9 Å². The van der Waals surface area contributed by atoms with Crippen molar-refractivity contribution in [1.82, 2.24) is 12.3 Å². The first-order valence-electron chi connectivity index (χ1n) is 3.63. The fraction of sp³-hybridized carbons (Fsp3) is 0.500. The molecule has 0 amide bonds. The van der Waals surface area contributed by atoms with Crippen molar-refractivity contribution in [1.29, 1.82) is 0 Å². The summed E-state index contributed by atoms with van der Waals surface area (Å²) in [6, 6.07) is 0. The van der Waals surface area contributed by atoms with Crippen molar-refractivity contribution in [2.75, 3.05) is 0 Å². The van der Waals surface area contributed by atoms with Gasteiger partial charge in [-0.3, -0.25) is 0 Å². The maximum atomic E-state index is 8.89. The maximum absolute atomic E-state index is 8.89. The quantitative estimate of drug-likeness (QED) is 0.386. The zero-order valence-electron chi connectivity index (χ0n) is 14.7. The molecule has 0 rings (SSSR count). The molecule has 0 unspecified atom stereocenters. The predicted molar refractivity (Wildman–Crippen MR) is 52.8 cm³/mol. The van der Waals surface area contributed by atoms with Crippen LogP contribution < -0.4 is 151 Å². The number of carboxylic acid groups (broad SMARTS) is 4. The van der Waals surface area contributed by atoms with Gasteiger partial charge >= 0.3 is 118 Å². The molecule has 0 atom stereocenters. The van der Waals surface area contributed by atoms with Gasteiger partial charge in [-0.15, -0.1) is 0 Å². The molecule has 0 aromatic rings. The SMILES string of the molecule is CC(=O)[O-].CC(=O)[O-].CC(=O)[O-].CC(=O)[O-].N.N.[Na+].[Na+].[Na+].[Na+]. The largest absolute Gasteiger partial charge is 1.00 e. The Balaban J connectivity index is -0.00000001000. The Kier molecular flexibility index (Phi) is 168. The second-order valence-electron chi connectivity index (χ2n) is 1.97. The number of rotatable bonds is 0. The fourth-order valence-electron chi connectivity index (χ4n) is 0. The van der Waals surface area contributed by atoms with Crippen LogP contribution in [0, 0.1) is 0 Å². The molecule has 22 heavy (non-hydrogen) atoms.